The van der Waals surface area contributed by atoms with Gasteiger partial charge in [0.2, 0.25) is 10.0 Å². The standard InChI is InChI=1S/C27H22FN5O2S/c1-18-9-10-19(16-25(18)36(34,35)30-17-22-6-4-5-15-29-22)26-23-7-2-3-8-24(23)27(33-32-26)31-21-13-11-20(28)12-14-21/h2-16,30H,17H2,1H3,(H,31,33). The summed E-state index contributed by atoms with van der Waals surface area (Å²) in [4.78, 5) is 4.33. The molecule has 0 aliphatic carbocycles. The number of hydrogen-bond donors (Lipinski definition) is 2. The van der Waals surface area contributed by atoms with Crippen molar-refractivity contribution in [3.8, 4) is 11.3 Å². The molecule has 0 bridgehead atoms. The van der Waals surface area contributed by atoms with Gasteiger partial charge in [-0.2, -0.15) is 0 Å². The molecule has 2 N–H and O–H groups in total. The summed E-state index contributed by atoms with van der Waals surface area (Å²) in [5.74, 6) is 0.185. The van der Waals surface area contributed by atoms with E-state index in [2.05, 4.69) is 25.2 Å². The van der Waals surface area contributed by atoms with Gasteiger partial charge in [-0.05, 0) is 55.0 Å². The number of halogens is 1. The van der Waals surface area contributed by atoms with E-state index in [1.807, 2.05) is 30.3 Å². The van der Waals surface area contributed by atoms with Crippen LogP contribution in [0.5, 0.6) is 0 Å². The van der Waals surface area contributed by atoms with Crippen molar-refractivity contribution in [1.82, 2.24) is 19.9 Å². The fourth-order valence-electron chi connectivity index (χ4n) is 3.87. The van der Waals surface area contributed by atoms with Crippen molar-refractivity contribution < 1.29 is 12.8 Å². The summed E-state index contributed by atoms with van der Waals surface area (Å²) >= 11 is 0. The molecule has 0 atom stereocenters. The highest BCUT2D eigenvalue weighted by Crippen LogP contribution is 2.32. The van der Waals surface area contributed by atoms with Crippen LogP contribution in [0.25, 0.3) is 22.0 Å². The second-order valence-corrected chi connectivity index (χ2v) is 9.94. The number of pyridine rings is 1. The van der Waals surface area contributed by atoms with Gasteiger partial charge >= 0.3 is 0 Å². The number of sulfonamides is 1. The number of rotatable bonds is 7. The molecule has 0 radical (unpaired) electrons. The first-order chi connectivity index (χ1) is 17.4. The molecule has 0 fully saturated rings. The first-order valence-electron chi connectivity index (χ1n) is 11.2. The quantitative estimate of drug-likeness (QED) is 0.313. The maximum atomic E-state index is 13.3. The van der Waals surface area contributed by atoms with E-state index in [9.17, 15) is 12.8 Å². The normalized spacial score (nSPS) is 11.5. The van der Waals surface area contributed by atoms with Crippen LogP contribution in [0.3, 0.4) is 0 Å². The van der Waals surface area contributed by atoms with Crippen LogP contribution in [0.15, 0.2) is 96.0 Å². The van der Waals surface area contributed by atoms with Crippen molar-refractivity contribution in [1.29, 1.82) is 0 Å². The fraction of sp³-hybridized carbons (Fsp3) is 0.0741. The summed E-state index contributed by atoms with van der Waals surface area (Å²) in [6.45, 7) is 1.83. The van der Waals surface area contributed by atoms with Crippen molar-refractivity contribution in [2.45, 2.75) is 18.4 Å². The van der Waals surface area contributed by atoms with Gasteiger partial charge in [-0.15, -0.1) is 10.2 Å². The molecule has 0 spiro atoms. The Morgan fingerprint density at radius 2 is 1.61 bits per heavy atom. The van der Waals surface area contributed by atoms with E-state index in [0.29, 0.717) is 34.0 Å². The molecule has 2 heterocycles. The maximum Gasteiger partial charge on any atom is 0.241 e. The van der Waals surface area contributed by atoms with Crippen LogP contribution in [-0.4, -0.2) is 23.6 Å². The van der Waals surface area contributed by atoms with Crippen LogP contribution in [0.1, 0.15) is 11.3 Å². The predicted molar refractivity (Wildman–Crippen MR) is 138 cm³/mol. The average Bonchev–Trinajstić information content (AvgIpc) is 2.90. The lowest BCUT2D eigenvalue weighted by Gasteiger charge is -2.13. The van der Waals surface area contributed by atoms with Gasteiger partial charge in [-0.1, -0.05) is 42.5 Å². The molecule has 0 saturated heterocycles. The Hall–Kier alpha value is -4.21. The molecule has 0 aliphatic heterocycles. The molecule has 36 heavy (non-hydrogen) atoms. The van der Waals surface area contributed by atoms with Gasteiger partial charge in [0.15, 0.2) is 5.82 Å². The van der Waals surface area contributed by atoms with Crippen LogP contribution in [-0.2, 0) is 16.6 Å². The van der Waals surface area contributed by atoms with Crippen LogP contribution >= 0.6 is 0 Å². The molecule has 0 amide bonds. The molecular formula is C27H22FN5O2S. The van der Waals surface area contributed by atoms with Crippen molar-refractivity contribution in [3.05, 3.63) is 108 Å². The largest absolute Gasteiger partial charge is 0.338 e. The third-order valence-electron chi connectivity index (χ3n) is 5.71. The van der Waals surface area contributed by atoms with Gasteiger partial charge < -0.3 is 5.32 Å². The Bertz CT molecular complexity index is 1640. The lowest BCUT2D eigenvalue weighted by molar-refractivity contribution is 0.580. The van der Waals surface area contributed by atoms with Crippen molar-refractivity contribution in [3.63, 3.8) is 0 Å². The zero-order valence-corrected chi connectivity index (χ0v) is 20.1. The Morgan fingerprint density at radius 1 is 0.861 bits per heavy atom. The number of aromatic nitrogens is 3. The number of hydrogen-bond acceptors (Lipinski definition) is 6. The summed E-state index contributed by atoms with van der Waals surface area (Å²) in [5, 5.41) is 13.6. The lowest BCUT2D eigenvalue weighted by Crippen LogP contribution is -2.24. The molecule has 5 aromatic rings. The van der Waals surface area contributed by atoms with Crippen LogP contribution in [0.4, 0.5) is 15.9 Å². The summed E-state index contributed by atoms with van der Waals surface area (Å²) < 4.78 is 42.2. The van der Waals surface area contributed by atoms with E-state index in [1.54, 1.807) is 55.6 Å². The van der Waals surface area contributed by atoms with E-state index >= 15 is 0 Å². The van der Waals surface area contributed by atoms with E-state index < -0.39 is 10.0 Å². The number of aryl methyl sites for hydroxylation is 1. The average molecular weight is 500 g/mol. The third kappa shape index (κ3) is 4.93. The monoisotopic (exact) mass is 499 g/mol. The minimum absolute atomic E-state index is 0.0827. The second-order valence-electron chi connectivity index (χ2n) is 8.20. The Balaban J connectivity index is 1.51. The van der Waals surface area contributed by atoms with Crippen LogP contribution in [0, 0.1) is 12.7 Å². The second kappa shape index (κ2) is 9.80. The minimum Gasteiger partial charge on any atom is -0.338 e. The predicted octanol–water partition coefficient (Wildman–Crippen LogP) is 5.36. The van der Waals surface area contributed by atoms with Crippen molar-refractivity contribution in [2.75, 3.05) is 5.32 Å². The third-order valence-corrected chi connectivity index (χ3v) is 7.26. The van der Waals surface area contributed by atoms with Crippen molar-refractivity contribution >= 4 is 32.3 Å². The molecule has 0 unspecified atom stereocenters. The first-order valence-corrected chi connectivity index (χ1v) is 12.7. The highest BCUT2D eigenvalue weighted by atomic mass is 32.2. The summed E-state index contributed by atoms with van der Waals surface area (Å²) in [6.07, 6.45) is 1.62. The van der Waals surface area contributed by atoms with E-state index in [-0.39, 0.29) is 17.3 Å². The van der Waals surface area contributed by atoms with Gasteiger partial charge in [-0.3, -0.25) is 4.98 Å². The number of nitrogens with zero attached hydrogens (tertiary/aromatic N) is 3. The smallest absolute Gasteiger partial charge is 0.241 e. The molecule has 0 saturated carbocycles. The van der Waals surface area contributed by atoms with Gasteiger partial charge in [0, 0.05) is 28.2 Å². The summed E-state index contributed by atoms with van der Waals surface area (Å²) in [5.41, 5.74) is 3.08. The molecule has 9 heteroatoms. The number of nitrogens with one attached hydrogen (secondary N) is 2. The number of anilines is 2. The molecule has 5 rings (SSSR count). The Morgan fingerprint density at radius 3 is 2.36 bits per heavy atom. The van der Waals surface area contributed by atoms with Crippen molar-refractivity contribution in [2.24, 2.45) is 0 Å². The Labute approximate surface area is 208 Å². The SMILES string of the molecule is Cc1ccc(-c2nnc(Nc3ccc(F)cc3)c3ccccc23)cc1S(=O)(=O)NCc1ccccn1. The minimum atomic E-state index is -3.81. The van der Waals surface area contributed by atoms with E-state index in [1.165, 1.54) is 12.1 Å². The van der Waals surface area contributed by atoms with Gasteiger partial charge in [0.05, 0.1) is 17.1 Å². The molecule has 3 aromatic carbocycles. The van der Waals surface area contributed by atoms with Gasteiger partial charge in [-0.25, -0.2) is 17.5 Å². The van der Waals surface area contributed by atoms with Crippen LogP contribution < -0.4 is 10.0 Å². The molecule has 0 aliphatic rings. The summed E-state index contributed by atoms with van der Waals surface area (Å²) in [6, 6.07) is 24.1. The number of benzene rings is 3. The number of fused-ring (bicyclic) bond motifs is 1. The van der Waals surface area contributed by atoms with E-state index in [0.717, 1.165) is 10.8 Å². The molecule has 7 nitrogen and oxygen atoms in total. The fourth-order valence-corrected chi connectivity index (χ4v) is 5.13. The topological polar surface area (TPSA) is 96.9 Å². The van der Waals surface area contributed by atoms with Gasteiger partial charge in [0.1, 0.15) is 11.5 Å². The maximum absolute atomic E-state index is 13.3. The van der Waals surface area contributed by atoms with E-state index in [4.69, 9.17) is 0 Å². The Kier molecular flexibility index (Phi) is 6.41. The zero-order valence-electron chi connectivity index (χ0n) is 19.3. The lowest BCUT2D eigenvalue weighted by atomic mass is 10.0. The molecular weight excluding hydrogens is 477 g/mol. The highest BCUT2D eigenvalue weighted by Gasteiger charge is 2.19. The van der Waals surface area contributed by atoms with Gasteiger partial charge in [0.25, 0.3) is 0 Å². The first kappa shape index (κ1) is 23.5. The molecule has 180 valence electrons. The van der Waals surface area contributed by atoms with Crippen LogP contribution in [0.2, 0.25) is 0 Å². The summed E-state index contributed by atoms with van der Waals surface area (Å²) in [7, 11) is -3.81. The zero-order chi connectivity index (χ0) is 25.1. The molecule has 2 aromatic heterocycles. The highest BCUT2D eigenvalue weighted by molar-refractivity contribution is 7.89.